The fourth-order valence-electron chi connectivity index (χ4n) is 2.08. The SMILES string of the molecule is CCC(C)C(Cn1ccnc1)Cn1ccnc1. The van der Waals surface area contributed by atoms with Crippen molar-refractivity contribution in [1.82, 2.24) is 19.1 Å². The van der Waals surface area contributed by atoms with E-state index in [1.807, 2.05) is 37.4 Å². The Bertz CT molecular complexity index is 368. The minimum Gasteiger partial charge on any atom is -0.337 e. The molecule has 2 rings (SSSR count). The van der Waals surface area contributed by atoms with E-state index in [2.05, 4.69) is 32.9 Å². The van der Waals surface area contributed by atoms with Crippen LogP contribution in [-0.4, -0.2) is 19.1 Å². The number of rotatable bonds is 6. The third-order valence-electron chi connectivity index (χ3n) is 3.46. The molecule has 0 spiro atoms. The van der Waals surface area contributed by atoms with Gasteiger partial charge in [-0.15, -0.1) is 0 Å². The first-order valence-corrected chi connectivity index (χ1v) is 6.21. The smallest absolute Gasteiger partial charge is 0.0946 e. The second-order valence-corrected chi connectivity index (χ2v) is 4.66. The Morgan fingerprint density at radius 3 is 1.88 bits per heavy atom. The molecule has 4 nitrogen and oxygen atoms in total. The van der Waals surface area contributed by atoms with E-state index in [4.69, 9.17) is 0 Å². The molecule has 0 amide bonds. The number of hydrogen-bond donors (Lipinski definition) is 0. The quantitative estimate of drug-likeness (QED) is 0.767. The van der Waals surface area contributed by atoms with Crippen molar-refractivity contribution in [2.24, 2.45) is 11.8 Å². The van der Waals surface area contributed by atoms with Crippen molar-refractivity contribution in [3.05, 3.63) is 37.4 Å². The normalized spacial score (nSPS) is 13.1. The number of nitrogens with zero attached hydrogens (tertiary/aromatic N) is 4. The van der Waals surface area contributed by atoms with Gasteiger partial charge in [0.1, 0.15) is 0 Å². The number of imidazole rings is 2. The fraction of sp³-hybridized carbons (Fsp3) is 0.538. The van der Waals surface area contributed by atoms with Gasteiger partial charge in [0.25, 0.3) is 0 Å². The van der Waals surface area contributed by atoms with Crippen LogP contribution in [-0.2, 0) is 13.1 Å². The third kappa shape index (κ3) is 3.19. The topological polar surface area (TPSA) is 35.6 Å². The van der Waals surface area contributed by atoms with Crippen molar-refractivity contribution in [2.75, 3.05) is 0 Å². The van der Waals surface area contributed by atoms with Gasteiger partial charge in [-0.05, 0) is 11.8 Å². The highest BCUT2D eigenvalue weighted by Gasteiger charge is 2.16. The summed E-state index contributed by atoms with van der Waals surface area (Å²) < 4.78 is 4.32. The summed E-state index contributed by atoms with van der Waals surface area (Å²) in [5.41, 5.74) is 0. The van der Waals surface area contributed by atoms with Gasteiger partial charge >= 0.3 is 0 Å². The van der Waals surface area contributed by atoms with E-state index in [0.29, 0.717) is 11.8 Å². The molecule has 0 radical (unpaired) electrons. The molecule has 0 aromatic carbocycles. The monoisotopic (exact) mass is 232 g/mol. The summed E-state index contributed by atoms with van der Waals surface area (Å²) >= 11 is 0. The summed E-state index contributed by atoms with van der Waals surface area (Å²) in [4.78, 5) is 8.20. The molecule has 0 bridgehead atoms. The van der Waals surface area contributed by atoms with Crippen LogP contribution in [0.2, 0.25) is 0 Å². The molecule has 0 aliphatic heterocycles. The molecular formula is C13H20N4. The van der Waals surface area contributed by atoms with Crippen molar-refractivity contribution < 1.29 is 0 Å². The average molecular weight is 232 g/mol. The first-order chi connectivity index (χ1) is 8.29. The second-order valence-electron chi connectivity index (χ2n) is 4.66. The summed E-state index contributed by atoms with van der Waals surface area (Å²) in [6.45, 7) is 6.61. The number of aromatic nitrogens is 4. The predicted molar refractivity (Wildman–Crippen MR) is 67.4 cm³/mol. The van der Waals surface area contributed by atoms with Crippen LogP contribution in [0.25, 0.3) is 0 Å². The molecular weight excluding hydrogens is 212 g/mol. The highest BCUT2D eigenvalue weighted by Crippen LogP contribution is 2.19. The Balaban J connectivity index is 2.03. The Hall–Kier alpha value is -1.58. The zero-order chi connectivity index (χ0) is 12.1. The van der Waals surface area contributed by atoms with E-state index in [1.165, 1.54) is 6.42 Å². The third-order valence-corrected chi connectivity index (χ3v) is 3.46. The lowest BCUT2D eigenvalue weighted by Crippen LogP contribution is -2.22. The van der Waals surface area contributed by atoms with Crippen LogP contribution in [0.4, 0.5) is 0 Å². The van der Waals surface area contributed by atoms with E-state index >= 15 is 0 Å². The van der Waals surface area contributed by atoms with Crippen molar-refractivity contribution in [1.29, 1.82) is 0 Å². The number of hydrogen-bond acceptors (Lipinski definition) is 2. The Morgan fingerprint density at radius 2 is 1.53 bits per heavy atom. The van der Waals surface area contributed by atoms with Gasteiger partial charge in [0.15, 0.2) is 0 Å². The molecule has 0 saturated carbocycles. The zero-order valence-electron chi connectivity index (χ0n) is 10.5. The highest BCUT2D eigenvalue weighted by molar-refractivity contribution is 4.80. The maximum atomic E-state index is 4.10. The van der Waals surface area contributed by atoms with Gasteiger partial charge in [-0.1, -0.05) is 20.3 Å². The fourth-order valence-corrected chi connectivity index (χ4v) is 2.08. The molecule has 2 aromatic heterocycles. The molecule has 2 aromatic rings. The molecule has 1 atom stereocenters. The molecule has 92 valence electrons. The Kier molecular flexibility index (Phi) is 3.96. The van der Waals surface area contributed by atoms with E-state index in [9.17, 15) is 0 Å². The van der Waals surface area contributed by atoms with E-state index in [0.717, 1.165) is 13.1 Å². The molecule has 0 N–H and O–H groups in total. The maximum Gasteiger partial charge on any atom is 0.0946 e. The van der Waals surface area contributed by atoms with Crippen LogP contribution < -0.4 is 0 Å². The van der Waals surface area contributed by atoms with Gasteiger partial charge in [-0.3, -0.25) is 0 Å². The summed E-state index contributed by atoms with van der Waals surface area (Å²) in [5.74, 6) is 1.31. The van der Waals surface area contributed by atoms with Crippen LogP contribution in [0.1, 0.15) is 20.3 Å². The summed E-state index contributed by atoms with van der Waals surface area (Å²) in [6, 6.07) is 0. The van der Waals surface area contributed by atoms with Crippen LogP contribution in [0.3, 0.4) is 0 Å². The van der Waals surface area contributed by atoms with Crippen LogP contribution in [0.15, 0.2) is 37.4 Å². The molecule has 4 heteroatoms. The first kappa shape index (κ1) is 11.9. The van der Waals surface area contributed by atoms with Gasteiger partial charge in [-0.25, -0.2) is 9.97 Å². The van der Waals surface area contributed by atoms with Crippen molar-refractivity contribution in [3.63, 3.8) is 0 Å². The predicted octanol–water partition coefficient (Wildman–Crippen LogP) is 2.44. The minimum atomic E-state index is 0.614. The van der Waals surface area contributed by atoms with Crippen molar-refractivity contribution in [3.8, 4) is 0 Å². The molecule has 17 heavy (non-hydrogen) atoms. The van der Waals surface area contributed by atoms with Crippen LogP contribution in [0, 0.1) is 11.8 Å². The van der Waals surface area contributed by atoms with Gasteiger partial charge in [0.05, 0.1) is 12.7 Å². The molecule has 1 unspecified atom stereocenters. The Labute approximate surface area is 102 Å². The maximum absolute atomic E-state index is 4.10. The summed E-state index contributed by atoms with van der Waals surface area (Å²) in [7, 11) is 0. The van der Waals surface area contributed by atoms with Crippen molar-refractivity contribution >= 4 is 0 Å². The lowest BCUT2D eigenvalue weighted by Gasteiger charge is -2.23. The highest BCUT2D eigenvalue weighted by atomic mass is 15.1. The Morgan fingerprint density at radius 1 is 1.00 bits per heavy atom. The molecule has 0 aliphatic carbocycles. The first-order valence-electron chi connectivity index (χ1n) is 6.21. The lowest BCUT2D eigenvalue weighted by atomic mass is 9.91. The standard InChI is InChI=1S/C13H20N4/c1-3-12(2)13(8-16-6-4-14-10-16)9-17-7-5-15-11-17/h4-7,10-13H,3,8-9H2,1-2H3. The molecule has 0 aliphatic rings. The second kappa shape index (κ2) is 5.66. The van der Waals surface area contributed by atoms with Gasteiger partial charge in [0.2, 0.25) is 0 Å². The van der Waals surface area contributed by atoms with Crippen molar-refractivity contribution in [2.45, 2.75) is 33.4 Å². The molecule has 0 fully saturated rings. The molecule has 0 saturated heterocycles. The summed E-state index contributed by atoms with van der Waals surface area (Å²) in [5, 5.41) is 0. The lowest BCUT2D eigenvalue weighted by molar-refractivity contribution is 0.270. The van der Waals surface area contributed by atoms with E-state index < -0.39 is 0 Å². The zero-order valence-corrected chi connectivity index (χ0v) is 10.5. The van der Waals surface area contributed by atoms with Crippen LogP contribution in [0.5, 0.6) is 0 Å². The minimum absolute atomic E-state index is 0.614. The molecule has 2 heterocycles. The van der Waals surface area contributed by atoms with Gasteiger partial charge < -0.3 is 9.13 Å². The van der Waals surface area contributed by atoms with Gasteiger partial charge in [-0.2, -0.15) is 0 Å². The summed E-state index contributed by atoms with van der Waals surface area (Å²) in [6.07, 6.45) is 12.7. The van der Waals surface area contributed by atoms with E-state index in [1.54, 1.807) is 0 Å². The van der Waals surface area contributed by atoms with Gasteiger partial charge in [0, 0.05) is 37.9 Å². The van der Waals surface area contributed by atoms with Crippen LogP contribution >= 0.6 is 0 Å². The average Bonchev–Trinajstić information content (AvgIpc) is 3.00. The largest absolute Gasteiger partial charge is 0.337 e. The van der Waals surface area contributed by atoms with E-state index in [-0.39, 0.29) is 0 Å².